The van der Waals surface area contributed by atoms with Crippen LogP contribution < -0.4 is 5.32 Å². The highest BCUT2D eigenvalue weighted by Gasteiger charge is 2.58. The molecule has 0 aromatic heterocycles. The van der Waals surface area contributed by atoms with Crippen LogP contribution in [0.15, 0.2) is 48.5 Å². The molecule has 194 valence electrons. The minimum absolute atomic E-state index is 0.0148. The molecule has 5 nitrogen and oxygen atoms in total. The van der Waals surface area contributed by atoms with E-state index in [-0.39, 0.29) is 35.2 Å². The Hall–Kier alpha value is -2.66. The van der Waals surface area contributed by atoms with Crippen LogP contribution in [0.3, 0.4) is 0 Å². The number of aryl methyl sites for hydroxylation is 2. The zero-order valence-electron chi connectivity index (χ0n) is 22.5. The third-order valence-corrected chi connectivity index (χ3v) is 8.30. The van der Waals surface area contributed by atoms with Crippen LogP contribution in [0.1, 0.15) is 81.2 Å². The molecule has 36 heavy (non-hydrogen) atoms. The van der Waals surface area contributed by atoms with Gasteiger partial charge in [-0.25, -0.2) is 4.79 Å². The molecule has 1 aliphatic carbocycles. The summed E-state index contributed by atoms with van der Waals surface area (Å²) in [6.07, 6.45) is 4.93. The molecule has 2 aliphatic rings. The molecule has 4 rings (SSSR count). The van der Waals surface area contributed by atoms with Gasteiger partial charge < -0.3 is 15.3 Å². The number of carboxylic acids is 1. The number of carbonyl (C=O) groups is 2. The Balaban J connectivity index is 1.79. The summed E-state index contributed by atoms with van der Waals surface area (Å²) in [5.74, 6) is -1.24. The molecule has 1 heterocycles. The van der Waals surface area contributed by atoms with Gasteiger partial charge in [0.15, 0.2) is 0 Å². The quantitative estimate of drug-likeness (QED) is 0.518. The first-order chi connectivity index (χ1) is 17.1. The molecule has 1 saturated heterocycles. The predicted molar refractivity (Wildman–Crippen MR) is 144 cm³/mol. The van der Waals surface area contributed by atoms with Crippen LogP contribution >= 0.6 is 0 Å². The van der Waals surface area contributed by atoms with Gasteiger partial charge in [0.2, 0.25) is 5.91 Å². The number of aliphatic carboxylic acids is 1. The maximum atomic E-state index is 14.1. The van der Waals surface area contributed by atoms with Crippen LogP contribution in [-0.4, -0.2) is 34.0 Å². The van der Waals surface area contributed by atoms with Crippen LogP contribution in [0.5, 0.6) is 0 Å². The highest BCUT2D eigenvalue weighted by Crippen LogP contribution is 2.49. The fourth-order valence-electron chi connectivity index (χ4n) is 6.56. The number of carboxylic acid groups (broad SMARTS) is 1. The Bertz CT molecular complexity index is 1070. The molecule has 1 aliphatic heterocycles. The van der Waals surface area contributed by atoms with Crippen molar-refractivity contribution in [2.45, 2.75) is 91.4 Å². The molecule has 0 spiro atoms. The first-order valence-electron chi connectivity index (χ1n) is 13.5. The van der Waals surface area contributed by atoms with Gasteiger partial charge in [0.25, 0.3) is 0 Å². The number of benzene rings is 2. The Morgan fingerprint density at radius 3 is 2.25 bits per heavy atom. The van der Waals surface area contributed by atoms with Crippen molar-refractivity contribution in [2.24, 2.45) is 17.3 Å². The van der Waals surface area contributed by atoms with Crippen LogP contribution in [0.25, 0.3) is 0 Å². The molecular weight excluding hydrogens is 448 g/mol. The zero-order chi connectivity index (χ0) is 26.0. The highest BCUT2D eigenvalue weighted by molar-refractivity contribution is 5.87. The van der Waals surface area contributed by atoms with Gasteiger partial charge in [0, 0.05) is 24.4 Å². The van der Waals surface area contributed by atoms with E-state index >= 15 is 0 Å². The molecule has 2 fully saturated rings. The minimum Gasteiger partial charge on any atom is -0.480 e. The second-order valence-electron chi connectivity index (χ2n) is 11.9. The number of hydrogen-bond acceptors (Lipinski definition) is 3. The summed E-state index contributed by atoms with van der Waals surface area (Å²) in [5, 5.41) is 14.4. The molecule has 0 bridgehead atoms. The van der Waals surface area contributed by atoms with E-state index in [0.29, 0.717) is 6.54 Å². The summed E-state index contributed by atoms with van der Waals surface area (Å²) < 4.78 is 0. The van der Waals surface area contributed by atoms with Gasteiger partial charge >= 0.3 is 5.97 Å². The number of carbonyl (C=O) groups excluding carboxylic acids is 1. The van der Waals surface area contributed by atoms with Gasteiger partial charge in [0.05, 0.1) is 6.04 Å². The summed E-state index contributed by atoms with van der Waals surface area (Å²) in [4.78, 5) is 28.8. The maximum Gasteiger partial charge on any atom is 0.326 e. The lowest BCUT2D eigenvalue weighted by molar-refractivity contribution is -0.154. The first-order valence-corrected chi connectivity index (χ1v) is 13.5. The molecule has 2 aromatic carbocycles. The van der Waals surface area contributed by atoms with Crippen molar-refractivity contribution >= 4 is 11.9 Å². The van der Waals surface area contributed by atoms with Gasteiger partial charge in [-0.1, -0.05) is 94.1 Å². The van der Waals surface area contributed by atoms with E-state index in [9.17, 15) is 14.7 Å². The highest BCUT2D eigenvalue weighted by atomic mass is 16.4. The van der Waals surface area contributed by atoms with Crippen molar-refractivity contribution in [1.82, 2.24) is 10.2 Å². The Labute approximate surface area is 216 Å². The normalized spacial score (nSPS) is 25.2. The van der Waals surface area contributed by atoms with Crippen molar-refractivity contribution in [3.05, 3.63) is 70.8 Å². The second-order valence-corrected chi connectivity index (χ2v) is 11.9. The Kier molecular flexibility index (Phi) is 7.89. The lowest BCUT2D eigenvalue weighted by Crippen LogP contribution is -2.49. The molecule has 1 saturated carbocycles. The monoisotopic (exact) mass is 490 g/mol. The summed E-state index contributed by atoms with van der Waals surface area (Å²) in [7, 11) is 0. The van der Waals surface area contributed by atoms with Gasteiger partial charge in [-0.15, -0.1) is 0 Å². The standard InChI is InChI=1S/C31H42N2O3/c1-20-16-17-24(21(2)18-20)19-32-26-25(31(3,4)5)28(30(35)36)33(27(26)22-12-8-6-9-13-22)29(34)23-14-10-7-11-15-23/h6,8-9,12-13,16-18,23,25-28,32H,7,10-11,14-15,19H2,1-5H3,(H,35,36)/t25-,26-,27-,28-/m0/s1. The molecular formula is C31H42N2O3. The van der Waals surface area contributed by atoms with Gasteiger partial charge in [-0.3, -0.25) is 4.79 Å². The summed E-state index contributed by atoms with van der Waals surface area (Å²) >= 11 is 0. The van der Waals surface area contributed by atoms with E-state index < -0.39 is 12.0 Å². The van der Waals surface area contributed by atoms with E-state index in [1.807, 2.05) is 30.3 Å². The van der Waals surface area contributed by atoms with Crippen molar-refractivity contribution in [2.75, 3.05) is 0 Å². The molecule has 4 atom stereocenters. The van der Waals surface area contributed by atoms with E-state index in [1.54, 1.807) is 4.90 Å². The Morgan fingerprint density at radius 1 is 1.00 bits per heavy atom. The van der Waals surface area contributed by atoms with E-state index in [4.69, 9.17) is 0 Å². The van der Waals surface area contributed by atoms with Crippen molar-refractivity contribution in [1.29, 1.82) is 0 Å². The van der Waals surface area contributed by atoms with Crippen molar-refractivity contribution in [3.8, 4) is 0 Å². The van der Waals surface area contributed by atoms with Gasteiger partial charge in [-0.2, -0.15) is 0 Å². The van der Waals surface area contributed by atoms with E-state index in [0.717, 1.165) is 37.7 Å². The molecule has 5 heteroatoms. The lowest BCUT2D eigenvalue weighted by atomic mass is 9.72. The fraction of sp³-hybridized carbons (Fsp3) is 0.548. The smallest absolute Gasteiger partial charge is 0.326 e. The maximum absolute atomic E-state index is 14.1. The number of amides is 1. The third-order valence-electron chi connectivity index (χ3n) is 8.30. The first kappa shape index (κ1) is 26.4. The van der Waals surface area contributed by atoms with Gasteiger partial charge in [0.1, 0.15) is 6.04 Å². The number of nitrogens with zero attached hydrogens (tertiary/aromatic N) is 1. The van der Waals surface area contributed by atoms with Crippen LogP contribution in [0.2, 0.25) is 0 Å². The van der Waals surface area contributed by atoms with Crippen molar-refractivity contribution in [3.63, 3.8) is 0 Å². The van der Waals surface area contributed by atoms with E-state index in [2.05, 4.69) is 58.1 Å². The number of nitrogens with one attached hydrogen (secondary N) is 1. The molecule has 0 unspecified atom stereocenters. The zero-order valence-corrected chi connectivity index (χ0v) is 22.5. The van der Waals surface area contributed by atoms with E-state index in [1.165, 1.54) is 16.7 Å². The van der Waals surface area contributed by atoms with Gasteiger partial charge in [-0.05, 0) is 48.8 Å². The summed E-state index contributed by atoms with van der Waals surface area (Å²) in [6, 6.07) is 15.1. The SMILES string of the molecule is Cc1ccc(CN[C@H]2[C@H](C(C)(C)C)[C@@H](C(=O)O)N(C(=O)C3CCCCC3)[C@H]2c2ccccc2)c(C)c1. The molecule has 2 N–H and O–H groups in total. The summed E-state index contributed by atoms with van der Waals surface area (Å²) in [5.41, 5.74) is 4.32. The number of rotatable bonds is 6. The topological polar surface area (TPSA) is 69.6 Å². The minimum atomic E-state index is -0.907. The average Bonchev–Trinajstić information content (AvgIpc) is 3.20. The molecule has 0 radical (unpaired) electrons. The Morgan fingerprint density at radius 2 is 1.67 bits per heavy atom. The predicted octanol–water partition coefficient (Wildman–Crippen LogP) is 6.04. The third kappa shape index (κ3) is 5.36. The fourth-order valence-corrected chi connectivity index (χ4v) is 6.56. The number of hydrogen-bond donors (Lipinski definition) is 2. The number of likely N-dealkylation sites (tertiary alicyclic amines) is 1. The van der Waals surface area contributed by atoms with Crippen LogP contribution in [0, 0.1) is 31.1 Å². The molecule has 1 amide bonds. The van der Waals surface area contributed by atoms with Crippen LogP contribution in [-0.2, 0) is 16.1 Å². The lowest BCUT2D eigenvalue weighted by Gasteiger charge is -2.36. The van der Waals surface area contributed by atoms with Crippen LogP contribution in [0.4, 0.5) is 0 Å². The molecule has 2 aromatic rings. The summed E-state index contributed by atoms with van der Waals surface area (Å²) in [6.45, 7) is 11.2. The van der Waals surface area contributed by atoms with Crippen molar-refractivity contribution < 1.29 is 14.7 Å². The average molecular weight is 491 g/mol. The largest absolute Gasteiger partial charge is 0.480 e. The second kappa shape index (κ2) is 10.8.